The van der Waals surface area contributed by atoms with Crippen LogP contribution in [-0.2, 0) is 4.79 Å². The Morgan fingerprint density at radius 1 is 1.07 bits per heavy atom. The predicted molar refractivity (Wildman–Crippen MR) is 108 cm³/mol. The highest BCUT2D eigenvalue weighted by atomic mass is 35.5. The van der Waals surface area contributed by atoms with Crippen LogP contribution in [0.3, 0.4) is 0 Å². The number of fused-ring (bicyclic) bond motifs is 1. The monoisotopic (exact) mass is 390 g/mol. The number of anilines is 1. The van der Waals surface area contributed by atoms with E-state index in [-0.39, 0.29) is 17.7 Å². The molecule has 0 unspecified atom stereocenters. The molecule has 2 atom stereocenters. The van der Waals surface area contributed by atoms with Gasteiger partial charge in [0.2, 0.25) is 5.95 Å². The van der Waals surface area contributed by atoms with Crippen LogP contribution in [0.1, 0.15) is 41.8 Å². The first-order chi connectivity index (χ1) is 13.6. The fourth-order valence-electron chi connectivity index (χ4n) is 4.26. The highest BCUT2D eigenvalue weighted by Crippen LogP contribution is 2.44. The van der Waals surface area contributed by atoms with E-state index in [1.54, 1.807) is 4.68 Å². The van der Waals surface area contributed by atoms with Gasteiger partial charge >= 0.3 is 0 Å². The van der Waals surface area contributed by atoms with Crippen molar-refractivity contribution in [2.75, 3.05) is 5.32 Å². The second kappa shape index (κ2) is 6.60. The fourth-order valence-corrected chi connectivity index (χ4v) is 4.46. The number of carbonyl (C=O) groups excluding carboxylic acids is 1. The van der Waals surface area contributed by atoms with Crippen molar-refractivity contribution in [1.82, 2.24) is 14.8 Å². The lowest BCUT2D eigenvalue weighted by Gasteiger charge is -2.35. The number of carbonyl (C=O) groups is 1. The van der Waals surface area contributed by atoms with E-state index in [2.05, 4.69) is 27.5 Å². The standard InChI is InChI=1S/C22H19ClN4O/c1-13-24-22-25-18-11-16(14-6-3-2-4-7-14)12-19(28)20(18)21(27(22)26-13)15-8-5-9-17(23)10-15/h2-10,16,21H,11-12H2,1H3,(H,24,25,26)/t16-,21-/m1/s1. The third-order valence-electron chi connectivity index (χ3n) is 5.46. The summed E-state index contributed by atoms with van der Waals surface area (Å²) in [6, 6.07) is 17.5. The van der Waals surface area contributed by atoms with Crippen LogP contribution in [0.4, 0.5) is 5.95 Å². The Hall–Kier alpha value is -2.92. The van der Waals surface area contributed by atoms with Crippen LogP contribution in [0.5, 0.6) is 0 Å². The van der Waals surface area contributed by atoms with Gasteiger partial charge in [-0.1, -0.05) is 54.1 Å². The second-order valence-corrected chi connectivity index (χ2v) is 7.78. The smallest absolute Gasteiger partial charge is 0.226 e. The minimum absolute atomic E-state index is 0.145. The Balaban J connectivity index is 1.63. The molecule has 1 aliphatic carbocycles. The van der Waals surface area contributed by atoms with Gasteiger partial charge in [0.25, 0.3) is 0 Å². The third-order valence-corrected chi connectivity index (χ3v) is 5.70. The molecule has 0 saturated carbocycles. The number of ketones is 1. The zero-order valence-electron chi connectivity index (χ0n) is 15.4. The summed E-state index contributed by atoms with van der Waals surface area (Å²) < 4.78 is 1.81. The van der Waals surface area contributed by atoms with Crippen molar-refractivity contribution >= 4 is 23.3 Å². The maximum Gasteiger partial charge on any atom is 0.226 e. The van der Waals surface area contributed by atoms with Gasteiger partial charge in [-0.15, -0.1) is 0 Å². The summed E-state index contributed by atoms with van der Waals surface area (Å²) in [5.74, 6) is 1.64. The van der Waals surface area contributed by atoms with E-state index >= 15 is 0 Å². The van der Waals surface area contributed by atoms with Crippen LogP contribution in [0.15, 0.2) is 65.9 Å². The number of aryl methyl sites for hydroxylation is 1. The molecule has 3 aromatic rings. The summed E-state index contributed by atoms with van der Waals surface area (Å²) in [5, 5.41) is 8.58. The van der Waals surface area contributed by atoms with Crippen LogP contribution in [0.25, 0.3) is 0 Å². The number of benzene rings is 2. The summed E-state index contributed by atoms with van der Waals surface area (Å²) in [6.07, 6.45) is 1.26. The number of allylic oxidation sites excluding steroid dienone is 2. The van der Waals surface area contributed by atoms with Crippen molar-refractivity contribution < 1.29 is 4.79 Å². The summed E-state index contributed by atoms with van der Waals surface area (Å²) in [4.78, 5) is 17.8. The lowest BCUT2D eigenvalue weighted by atomic mass is 9.78. The molecule has 2 aliphatic rings. The first-order valence-electron chi connectivity index (χ1n) is 9.37. The lowest BCUT2D eigenvalue weighted by molar-refractivity contribution is -0.116. The number of nitrogens with zero attached hydrogens (tertiary/aromatic N) is 3. The maximum atomic E-state index is 13.3. The highest BCUT2D eigenvalue weighted by Gasteiger charge is 2.39. The topological polar surface area (TPSA) is 59.8 Å². The SMILES string of the molecule is Cc1nc2n(n1)[C@H](c1cccc(Cl)c1)C1=C(C[C@@H](c3ccccc3)CC1=O)N2. The maximum absolute atomic E-state index is 13.3. The van der Waals surface area contributed by atoms with Crippen molar-refractivity contribution in [2.45, 2.75) is 31.7 Å². The minimum atomic E-state index is -0.310. The summed E-state index contributed by atoms with van der Waals surface area (Å²) in [5.41, 5.74) is 3.84. The van der Waals surface area contributed by atoms with Gasteiger partial charge in [-0.2, -0.15) is 10.1 Å². The van der Waals surface area contributed by atoms with Crippen LogP contribution >= 0.6 is 11.6 Å². The Bertz CT molecular complexity index is 1100. The number of hydrogen-bond acceptors (Lipinski definition) is 4. The Kier molecular flexibility index (Phi) is 4.05. The molecule has 5 rings (SSSR count). The molecule has 140 valence electrons. The first-order valence-corrected chi connectivity index (χ1v) is 9.75. The molecule has 0 amide bonds. The fraction of sp³-hybridized carbons (Fsp3) is 0.227. The predicted octanol–water partition coefficient (Wildman–Crippen LogP) is 4.66. The Labute approximate surface area is 168 Å². The van der Waals surface area contributed by atoms with Crippen LogP contribution in [0, 0.1) is 6.92 Å². The molecule has 6 heteroatoms. The molecular formula is C22H19ClN4O. The summed E-state index contributed by atoms with van der Waals surface area (Å²) in [6.45, 7) is 1.86. The first kappa shape index (κ1) is 17.2. The average molecular weight is 391 g/mol. The number of halogens is 1. The zero-order valence-corrected chi connectivity index (χ0v) is 16.1. The number of hydrogen-bond donors (Lipinski definition) is 1. The third kappa shape index (κ3) is 2.83. The molecule has 0 bridgehead atoms. The van der Waals surface area contributed by atoms with Gasteiger partial charge in [0, 0.05) is 22.7 Å². The van der Waals surface area contributed by atoms with Gasteiger partial charge in [0.05, 0.1) is 0 Å². The molecule has 2 aromatic carbocycles. The molecule has 5 nitrogen and oxygen atoms in total. The van der Waals surface area contributed by atoms with E-state index in [4.69, 9.17) is 11.6 Å². The molecule has 0 radical (unpaired) electrons. The number of rotatable bonds is 2. The van der Waals surface area contributed by atoms with Crippen molar-refractivity contribution in [3.05, 3.63) is 87.8 Å². The van der Waals surface area contributed by atoms with Gasteiger partial charge in [-0.3, -0.25) is 4.79 Å². The van der Waals surface area contributed by atoms with Crippen molar-refractivity contribution in [3.8, 4) is 0 Å². The van der Waals surface area contributed by atoms with E-state index in [1.165, 1.54) is 5.56 Å². The van der Waals surface area contributed by atoms with Gasteiger partial charge in [-0.05, 0) is 42.5 Å². The minimum Gasteiger partial charge on any atom is -0.328 e. The summed E-state index contributed by atoms with van der Waals surface area (Å²) >= 11 is 6.25. The lowest BCUT2D eigenvalue weighted by Crippen LogP contribution is -2.33. The van der Waals surface area contributed by atoms with Crippen LogP contribution in [-0.4, -0.2) is 20.5 Å². The van der Waals surface area contributed by atoms with Gasteiger partial charge in [0.15, 0.2) is 5.78 Å². The largest absolute Gasteiger partial charge is 0.328 e. The number of nitrogens with one attached hydrogen (secondary N) is 1. The summed E-state index contributed by atoms with van der Waals surface area (Å²) in [7, 11) is 0. The van der Waals surface area contributed by atoms with Crippen LogP contribution in [0.2, 0.25) is 5.02 Å². The van der Waals surface area contributed by atoms with Crippen molar-refractivity contribution in [2.24, 2.45) is 0 Å². The quantitative estimate of drug-likeness (QED) is 0.691. The van der Waals surface area contributed by atoms with E-state index in [0.29, 0.717) is 23.2 Å². The number of aromatic nitrogens is 3. The second-order valence-electron chi connectivity index (χ2n) is 7.34. The molecule has 1 aliphatic heterocycles. The van der Waals surface area contributed by atoms with Crippen molar-refractivity contribution in [1.29, 1.82) is 0 Å². The zero-order chi connectivity index (χ0) is 19.3. The van der Waals surface area contributed by atoms with Gasteiger partial charge in [0.1, 0.15) is 11.9 Å². The van der Waals surface area contributed by atoms with E-state index in [0.717, 1.165) is 23.3 Å². The highest BCUT2D eigenvalue weighted by molar-refractivity contribution is 6.30. The molecule has 28 heavy (non-hydrogen) atoms. The Morgan fingerprint density at radius 3 is 2.64 bits per heavy atom. The van der Waals surface area contributed by atoms with E-state index in [9.17, 15) is 4.79 Å². The molecule has 1 aromatic heterocycles. The molecule has 1 N–H and O–H groups in total. The molecule has 0 saturated heterocycles. The van der Waals surface area contributed by atoms with Crippen molar-refractivity contribution in [3.63, 3.8) is 0 Å². The van der Waals surface area contributed by atoms with Gasteiger partial charge < -0.3 is 5.32 Å². The molecule has 0 fully saturated rings. The van der Waals surface area contributed by atoms with E-state index in [1.807, 2.05) is 49.4 Å². The average Bonchev–Trinajstić information content (AvgIpc) is 3.06. The van der Waals surface area contributed by atoms with Gasteiger partial charge in [-0.25, -0.2) is 4.68 Å². The molecule has 2 heterocycles. The molecular weight excluding hydrogens is 372 g/mol. The van der Waals surface area contributed by atoms with Crippen LogP contribution < -0.4 is 5.32 Å². The molecule has 0 spiro atoms. The normalized spacial score (nSPS) is 21.1. The number of Topliss-reactive ketones (excluding diaryl/α,β-unsaturated/α-hetero) is 1. The van der Waals surface area contributed by atoms with E-state index < -0.39 is 0 Å². The Morgan fingerprint density at radius 2 is 1.86 bits per heavy atom.